The fourth-order valence-electron chi connectivity index (χ4n) is 3.48. The van der Waals surface area contributed by atoms with Gasteiger partial charge in [0.15, 0.2) is 0 Å². The quantitative estimate of drug-likeness (QED) is 0.785. The highest BCUT2D eigenvalue weighted by Crippen LogP contribution is 2.20. The molecule has 3 aromatic heterocycles. The van der Waals surface area contributed by atoms with E-state index < -0.39 is 0 Å². The summed E-state index contributed by atoms with van der Waals surface area (Å²) in [5.41, 5.74) is 3.39. The van der Waals surface area contributed by atoms with Crippen LogP contribution in [-0.4, -0.2) is 38.9 Å². The molecule has 0 saturated carbocycles. The molecule has 1 aliphatic rings. The van der Waals surface area contributed by atoms with Crippen LogP contribution in [0.1, 0.15) is 17.8 Å². The molecule has 1 unspecified atom stereocenters. The third-order valence-corrected chi connectivity index (χ3v) is 4.73. The summed E-state index contributed by atoms with van der Waals surface area (Å²) >= 11 is 0. The maximum atomic E-state index is 4.51. The summed E-state index contributed by atoms with van der Waals surface area (Å²) < 4.78 is 2.18. The first-order chi connectivity index (χ1) is 11.8. The lowest BCUT2D eigenvalue weighted by Crippen LogP contribution is -2.23. The molecule has 4 heterocycles. The zero-order valence-corrected chi connectivity index (χ0v) is 14.0. The topological polar surface area (TPSA) is 45.5 Å². The second kappa shape index (κ2) is 6.61. The number of imidazole rings is 1. The number of nitrogens with zero attached hydrogens (tertiary/aromatic N) is 4. The van der Waals surface area contributed by atoms with Crippen LogP contribution in [0.2, 0.25) is 0 Å². The number of rotatable bonds is 5. The minimum absolute atomic E-state index is 0.675. The van der Waals surface area contributed by atoms with Gasteiger partial charge in [-0.25, -0.2) is 9.97 Å². The average Bonchev–Trinajstić information content (AvgIpc) is 3.23. The van der Waals surface area contributed by atoms with Crippen LogP contribution in [0.25, 0.3) is 5.65 Å². The second-order valence-electron chi connectivity index (χ2n) is 6.61. The van der Waals surface area contributed by atoms with E-state index in [-0.39, 0.29) is 0 Å². The third kappa shape index (κ3) is 3.26. The summed E-state index contributed by atoms with van der Waals surface area (Å²) in [6.07, 6.45) is 5.15. The molecule has 1 N–H and O–H groups in total. The fourth-order valence-corrected chi connectivity index (χ4v) is 3.48. The first kappa shape index (κ1) is 15.1. The summed E-state index contributed by atoms with van der Waals surface area (Å²) in [6, 6.07) is 12.5. The van der Waals surface area contributed by atoms with Gasteiger partial charge in [0.25, 0.3) is 0 Å². The number of anilines is 1. The Labute approximate surface area is 142 Å². The zero-order valence-electron chi connectivity index (χ0n) is 14.0. The molecule has 1 fully saturated rings. The largest absolute Gasteiger partial charge is 0.370 e. The molecule has 0 radical (unpaired) electrons. The molecule has 1 atom stereocenters. The van der Waals surface area contributed by atoms with Gasteiger partial charge in [-0.2, -0.15) is 0 Å². The number of nitrogens with one attached hydrogen (secondary N) is 1. The maximum absolute atomic E-state index is 4.51. The van der Waals surface area contributed by atoms with Crippen LogP contribution in [0.15, 0.2) is 48.8 Å². The fraction of sp³-hybridized carbons (Fsp3) is 0.368. The Morgan fingerprint density at radius 3 is 3.04 bits per heavy atom. The van der Waals surface area contributed by atoms with Crippen molar-refractivity contribution in [2.75, 3.05) is 25.0 Å². The zero-order chi connectivity index (χ0) is 16.4. The van der Waals surface area contributed by atoms with Crippen molar-refractivity contribution in [2.24, 2.45) is 5.92 Å². The maximum Gasteiger partial charge on any atom is 0.136 e. The van der Waals surface area contributed by atoms with Crippen molar-refractivity contribution in [3.8, 4) is 0 Å². The number of pyridine rings is 2. The molecule has 5 nitrogen and oxygen atoms in total. The second-order valence-corrected chi connectivity index (χ2v) is 6.61. The summed E-state index contributed by atoms with van der Waals surface area (Å²) in [5.74, 6) is 1.66. The van der Waals surface area contributed by atoms with Crippen LogP contribution in [0.5, 0.6) is 0 Å². The Bertz CT molecular complexity index is 825. The highest BCUT2D eigenvalue weighted by Gasteiger charge is 2.22. The van der Waals surface area contributed by atoms with Crippen LogP contribution in [0.3, 0.4) is 0 Å². The van der Waals surface area contributed by atoms with Gasteiger partial charge in [-0.1, -0.05) is 12.1 Å². The lowest BCUT2D eigenvalue weighted by Gasteiger charge is -2.17. The van der Waals surface area contributed by atoms with Gasteiger partial charge in [-0.15, -0.1) is 0 Å². The van der Waals surface area contributed by atoms with Gasteiger partial charge in [-0.3, -0.25) is 4.90 Å². The minimum atomic E-state index is 0.675. The Morgan fingerprint density at radius 1 is 1.21 bits per heavy atom. The molecule has 0 bridgehead atoms. The summed E-state index contributed by atoms with van der Waals surface area (Å²) in [5, 5.41) is 3.48. The summed E-state index contributed by atoms with van der Waals surface area (Å²) in [6.45, 7) is 6.27. The van der Waals surface area contributed by atoms with Crippen LogP contribution < -0.4 is 5.32 Å². The van der Waals surface area contributed by atoms with Crippen molar-refractivity contribution in [3.05, 3.63) is 60.2 Å². The average molecular weight is 321 g/mol. The van der Waals surface area contributed by atoms with E-state index in [9.17, 15) is 0 Å². The predicted octanol–water partition coefficient (Wildman–Crippen LogP) is 2.97. The number of aryl methyl sites for hydroxylation is 1. The molecule has 3 aromatic rings. The molecular weight excluding hydrogens is 298 g/mol. The SMILES string of the molecule is Cc1cccc(NCC2CCN(Cc3cccc4nccn34)C2)n1. The van der Waals surface area contributed by atoms with E-state index in [2.05, 4.69) is 48.9 Å². The highest BCUT2D eigenvalue weighted by atomic mass is 15.2. The normalized spacial score (nSPS) is 18.3. The predicted molar refractivity (Wildman–Crippen MR) is 96.0 cm³/mol. The van der Waals surface area contributed by atoms with E-state index in [1.807, 2.05) is 31.5 Å². The number of fused-ring (bicyclic) bond motifs is 1. The van der Waals surface area contributed by atoms with Gasteiger partial charge in [0.2, 0.25) is 0 Å². The Balaban J connectivity index is 1.34. The molecule has 1 aliphatic heterocycles. The lowest BCUT2D eigenvalue weighted by molar-refractivity contribution is 0.314. The molecule has 24 heavy (non-hydrogen) atoms. The Morgan fingerprint density at radius 2 is 2.12 bits per heavy atom. The van der Waals surface area contributed by atoms with E-state index in [0.717, 1.165) is 43.3 Å². The number of hydrogen-bond acceptors (Lipinski definition) is 4. The van der Waals surface area contributed by atoms with Crippen LogP contribution in [-0.2, 0) is 6.54 Å². The molecular formula is C19H23N5. The van der Waals surface area contributed by atoms with Crippen LogP contribution in [0.4, 0.5) is 5.82 Å². The number of hydrogen-bond donors (Lipinski definition) is 1. The first-order valence-electron chi connectivity index (χ1n) is 8.59. The molecule has 4 rings (SSSR count). The van der Waals surface area contributed by atoms with E-state index >= 15 is 0 Å². The van der Waals surface area contributed by atoms with Crippen molar-refractivity contribution in [3.63, 3.8) is 0 Å². The van der Waals surface area contributed by atoms with Gasteiger partial charge in [0.1, 0.15) is 11.5 Å². The van der Waals surface area contributed by atoms with Crippen molar-refractivity contribution in [1.29, 1.82) is 0 Å². The highest BCUT2D eigenvalue weighted by molar-refractivity contribution is 5.39. The van der Waals surface area contributed by atoms with Crippen LogP contribution in [0, 0.1) is 12.8 Å². The monoisotopic (exact) mass is 321 g/mol. The van der Waals surface area contributed by atoms with Gasteiger partial charge < -0.3 is 9.72 Å². The van der Waals surface area contributed by atoms with E-state index in [0.29, 0.717) is 5.92 Å². The molecule has 0 amide bonds. The molecule has 0 aromatic carbocycles. The van der Waals surface area contributed by atoms with E-state index in [4.69, 9.17) is 0 Å². The smallest absolute Gasteiger partial charge is 0.136 e. The first-order valence-corrected chi connectivity index (χ1v) is 8.59. The van der Waals surface area contributed by atoms with Gasteiger partial charge in [0, 0.05) is 43.4 Å². The van der Waals surface area contributed by atoms with Crippen LogP contribution >= 0.6 is 0 Å². The summed E-state index contributed by atoms with van der Waals surface area (Å²) in [4.78, 5) is 11.4. The molecule has 5 heteroatoms. The Kier molecular flexibility index (Phi) is 4.17. The van der Waals surface area contributed by atoms with Crippen molar-refractivity contribution >= 4 is 11.5 Å². The van der Waals surface area contributed by atoms with E-state index in [1.165, 1.54) is 12.1 Å². The van der Waals surface area contributed by atoms with Crippen molar-refractivity contribution < 1.29 is 0 Å². The molecule has 124 valence electrons. The lowest BCUT2D eigenvalue weighted by atomic mass is 10.1. The third-order valence-electron chi connectivity index (χ3n) is 4.73. The van der Waals surface area contributed by atoms with Gasteiger partial charge in [0.05, 0.1) is 0 Å². The molecule has 0 spiro atoms. The molecule has 0 aliphatic carbocycles. The number of aromatic nitrogens is 3. The van der Waals surface area contributed by atoms with Crippen molar-refractivity contribution in [2.45, 2.75) is 19.9 Å². The molecule has 1 saturated heterocycles. The summed E-state index contributed by atoms with van der Waals surface area (Å²) in [7, 11) is 0. The van der Waals surface area contributed by atoms with E-state index in [1.54, 1.807) is 0 Å². The number of likely N-dealkylation sites (tertiary alicyclic amines) is 1. The van der Waals surface area contributed by atoms with Gasteiger partial charge >= 0.3 is 0 Å². The standard InChI is InChI=1S/C19H23N5/c1-15-4-2-6-18(22-15)21-12-16-8-10-23(13-16)14-17-5-3-7-19-20-9-11-24(17)19/h2-7,9,11,16H,8,10,12-14H2,1H3,(H,21,22). The Hall–Kier alpha value is -2.40. The van der Waals surface area contributed by atoms with Crippen molar-refractivity contribution in [1.82, 2.24) is 19.3 Å². The minimum Gasteiger partial charge on any atom is -0.370 e. The van der Waals surface area contributed by atoms with Gasteiger partial charge in [-0.05, 0) is 50.1 Å².